The number of benzene rings is 1. The molecule has 2 amide bonds. The molecular weight excluding hydrogens is 365 g/mol. The van der Waals surface area contributed by atoms with Gasteiger partial charge in [-0.15, -0.1) is 13.2 Å². The van der Waals surface area contributed by atoms with Crippen LogP contribution < -0.4 is 4.74 Å². The molecule has 0 saturated carbocycles. The third kappa shape index (κ3) is 5.77. The van der Waals surface area contributed by atoms with E-state index >= 15 is 0 Å². The molecule has 1 heterocycles. The maximum Gasteiger partial charge on any atom is 0.573 e. The third-order valence-electron chi connectivity index (χ3n) is 4.32. The molecule has 9 heteroatoms. The number of amides is 2. The van der Waals surface area contributed by atoms with Crippen molar-refractivity contribution in [1.29, 1.82) is 0 Å². The Morgan fingerprint density at radius 3 is 2.30 bits per heavy atom. The van der Waals surface area contributed by atoms with Crippen LogP contribution in [0, 0.1) is 0 Å². The number of halogens is 3. The van der Waals surface area contributed by atoms with Crippen molar-refractivity contribution in [1.82, 2.24) is 9.80 Å². The van der Waals surface area contributed by atoms with Gasteiger partial charge in [0.25, 0.3) is 0 Å². The summed E-state index contributed by atoms with van der Waals surface area (Å²) in [5.41, 5.74) is -0.0203. The Morgan fingerprint density at radius 2 is 1.81 bits per heavy atom. The zero-order valence-electron chi connectivity index (χ0n) is 15.4. The van der Waals surface area contributed by atoms with Gasteiger partial charge in [-0.1, -0.05) is 12.1 Å². The molecule has 0 aromatic heterocycles. The Hall–Kier alpha value is -2.45. The van der Waals surface area contributed by atoms with Crippen LogP contribution in [0.15, 0.2) is 24.3 Å². The average Bonchev–Trinajstić information content (AvgIpc) is 2.95. The van der Waals surface area contributed by atoms with E-state index in [2.05, 4.69) is 4.74 Å². The third-order valence-corrected chi connectivity index (χ3v) is 4.32. The fourth-order valence-corrected chi connectivity index (χ4v) is 3.27. The largest absolute Gasteiger partial charge is 0.573 e. The van der Waals surface area contributed by atoms with Gasteiger partial charge >= 0.3 is 12.5 Å². The van der Waals surface area contributed by atoms with Gasteiger partial charge < -0.3 is 14.7 Å². The number of rotatable bonds is 4. The number of nitrogens with zero attached hydrogens (tertiary/aromatic N) is 2. The first-order valence-electron chi connectivity index (χ1n) is 8.51. The van der Waals surface area contributed by atoms with E-state index in [9.17, 15) is 27.9 Å². The van der Waals surface area contributed by atoms with Gasteiger partial charge in [-0.05, 0) is 44.9 Å². The second-order valence-electron chi connectivity index (χ2n) is 7.47. The van der Waals surface area contributed by atoms with Crippen LogP contribution in [0.1, 0.15) is 32.8 Å². The van der Waals surface area contributed by atoms with E-state index in [1.807, 2.05) is 0 Å². The lowest BCUT2D eigenvalue weighted by molar-refractivity contribution is -0.274. The molecule has 1 unspecified atom stereocenters. The van der Waals surface area contributed by atoms with Crippen molar-refractivity contribution < 1.29 is 32.6 Å². The molecule has 0 radical (unpaired) electrons. The summed E-state index contributed by atoms with van der Waals surface area (Å²) in [5.74, 6) is -0.538. The van der Waals surface area contributed by atoms with Crippen LogP contribution in [0.2, 0.25) is 0 Å². The van der Waals surface area contributed by atoms with E-state index < -0.39 is 18.0 Å². The summed E-state index contributed by atoms with van der Waals surface area (Å²) in [5, 5.41) is 9.47. The van der Waals surface area contributed by atoms with Crippen molar-refractivity contribution in [3.05, 3.63) is 29.8 Å². The molecule has 1 saturated heterocycles. The van der Waals surface area contributed by atoms with Gasteiger partial charge in [0, 0.05) is 18.6 Å². The SMILES string of the molecule is CC(C)(C)N(C(=O)O)C1CCN(C(=O)Cc2ccc(OC(F)(F)F)cc2)C1. The van der Waals surface area contributed by atoms with Gasteiger partial charge in [0.1, 0.15) is 5.75 Å². The van der Waals surface area contributed by atoms with E-state index in [1.165, 1.54) is 17.0 Å². The van der Waals surface area contributed by atoms with Crippen LogP contribution in [0.25, 0.3) is 0 Å². The first-order chi connectivity index (χ1) is 12.4. The van der Waals surface area contributed by atoms with Crippen molar-refractivity contribution >= 4 is 12.0 Å². The molecular formula is C18H23F3N2O4. The summed E-state index contributed by atoms with van der Waals surface area (Å²) in [7, 11) is 0. The van der Waals surface area contributed by atoms with Crippen molar-refractivity contribution in [2.45, 2.75) is 51.6 Å². The zero-order chi connectivity index (χ0) is 20.4. The highest BCUT2D eigenvalue weighted by molar-refractivity contribution is 5.79. The van der Waals surface area contributed by atoms with Crippen LogP contribution >= 0.6 is 0 Å². The summed E-state index contributed by atoms with van der Waals surface area (Å²) in [6, 6.07) is 4.86. The maximum absolute atomic E-state index is 12.5. The molecule has 1 N–H and O–H groups in total. The highest BCUT2D eigenvalue weighted by atomic mass is 19.4. The molecule has 150 valence electrons. The molecule has 1 aliphatic heterocycles. The molecule has 2 rings (SSSR count). The summed E-state index contributed by atoms with van der Waals surface area (Å²) in [6.07, 6.45) is -5.21. The molecule has 1 aromatic carbocycles. The Bertz CT molecular complexity index is 683. The van der Waals surface area contributed by atoms with Gasteiger partial charge in [-0.25, -0.2) is 4.79 Å². The maximum atomic E-state index is 12.5. The Morgan fingerprint density at radius 1 is 1.22 bits per heavy atom. The number of carbonyl (C=O) groups is 2. The number of carboxylic acid groups (broad SMARTS) is 1. The second-order valence-corrected chi connectivity index (χ2v) is 7.47. The lowest BCUT2D eigenvalue weighted by Gasteiger charge is -2.37. The lowest BCUT2D eigenvalue weighted by atomic mass is 10.0. The summed E-state index contributed by atoms with van der Waals surface area (Å²) >= 11 is 0. The predicted molar refractivity (Wildman–Crippen MR) is 91.4 cm³/mol. The van der Waals surface area contributed by atoms with Crippen LogP contribution in [0.5, 0.6) is 5.75 Å². The number of ether oxygens (including phenoxy) is 1. The number of carbonyl (C=O) groups excluding carboxylic acids is 1. The van der Waals surface area contributed by atoms with E-state index in [0.29, 0.717) is 25.1 Å². The van der Waals surface area contributed by atoms with Gasteiger partial charge in [0.2, 0.25) is 5.91 Å². The van der Waals surface area contributed by atoms with Crippen molar-refractivity contribution in [3.8, 4) is 5.75 Å². The molecule has 1 aromatic rings. The standard InChI is InChI=1S/C18H23F3N2O4/c1-17(2,3)23(16(25)26)13-8-9-22(11-13)15(24)10-12-4-6-14(7-5-12)27-18(19,20)21/h4-7,13H,8-11H2,1-3H3,(H,25,26). The Kier molecular flexibility index (Phi) is 5.91. The topological polar surface area (TPSA) is 70.1 Å². The zero-order valence-corrected chi connectivity index (χ0v) is 15.4. The molecule has 0 bridgehead atoms. The summed E-state index contributed by atoms with van der Waals surface area (Å²) in [6.45, 7) is 6.15. The highest BCUT2D eigenvalue weighted by Crippen LogP contribution is 2.25. The van der Waals surface area contributed by atoms with E-state index in [-0.39, 0.29) is 24.1 Å². The number of hydrogen-bond donors (Lipinski definition) is 1. The number of hydrogen-bond acceptors (Lipinski definition) is 3. The van der Waals surface area contributed by atoms with Crippen molar-refractivity contribution in [3.63, 3.8) is 0 Å². The lowest BCUT2D eigenvalue weighted by Crippen LogP contribution is -2.52. The minimum atomic E-state index is -4.76. The second kappa shape index (κ2) is 7.66. The van der Waals surface area contributed by atoms with E-state index in [0.717, 1.165) is 12.1 Å². The average molecular weight is 388 g/mol. The fraction of sp³-hybridized carbons (Fsp3) is 0.556. The Labute approximate surface area is 155 Å². The van der Waals surface area contributed by atoms with Crippen molar-refractivity contribution in [2.75, 3.05) is 13.1 Å². The summed E-state index contributed by atoms with van der Waals surface area (Å²) in [4.78, 5) is 27.0. The summed E-state index contributed by atoms with van der Waals surface area (Å²) < 4.78 is 40.3. The molecule has 6 nitrogen and oxygen atoms in total. The van der Waals surface area contributed by atoms with Crippen LogP contribution in [-0.2, 0) is 11.2 Å². The predicted octanol–water partition coefficient (Wildman–Crippen LogP) is 3.51. The van der Waals surface area contributed by atoms with E-state index in [1.54, 1.807) is 25.7 Å². The monoisotopic (exact) mass is 388 g/mol. The fourth-order valence-electron chi connectivity index (χ4n) is 3.27. The quantitative estimate of drug-likeness (QED) is 0.857. The molecule has 27 heavy (non-hydrogen) atoms. The molecule has 1 aliphatic rings. The van der Waals surface area contributed by atoms with E-state index in [4.69, 9.17) is 0 Å². The van der Waals surface area contributed by atoms with Gasteiger partial charge in [0.05, 0.1) is 12.5 Å². The Balaban J connectivity index is 1.96. The molecule has 1 fully saturated rings. The first kappa shape index (κ1) is 20.9. The minimum Gasteiger partial charge on any atom is -0.465 e. The van der Waals surface area contributed by atoms with Gasteiger partial charge in [-0.3, -0.25) is 9.69 Å². The number of likely N-dealkylation sites (tertiary alicyclic amines) is 1. The first-order valence-corrected chi connectivity index (χ1v) is 8.51. The smallest absolute Gasteiger partial charge is 0.465 e. The number of alkyl halides is 3. The van der Waals surface area contributed by atoms with Crippen LogP contribution in [0.3, 0.4) is 0 Å². The van der Waals surface area contributed by atoms with Gasteiger partial charge in [0.15, 0.2) is 0 Å². The van der Waals surface area contributed by atoms with Crippen LogP contribution in [-0.4, -0.2) is 57.9 Å². The minimum absolute atomic E-state index is 0.0294. The molecule has 0 aliphatic carbocycles. The normalized spacial score (nSPS) is 17.7. The molecule has 1 atom stereocenters. The van der Waals surface area contributed by atoms with Crippen molar-refractivity contribution in [2.24, 2.45) is 0 Å². The van der Waals surface area contributed by atoms with Gasteiger partial charge in [-0.2, -0.15) is 0 Å². The van der Waals surface area contributed by atoms with Crippen LogP contribution in [0.4, 0.5) is 18.0 Å². The molecule has 0 spiro atoms. The highest BCUT2D eigenvalue weighted by Gasteiger charge is 2.38.